The van der Waals surface area contributed by atoms with E-state index in [1.807, 2.05) is 19.1 Å². The number of benzene rings is 1. The Morgan fingerprint density at radius 1 is 1.26 bits per heavy atom. The van der Waals surface area contributed by atoms with E-state index in [1.165, 1.54) is 0 Å². The second-order valence-electron chi connectivity index (χ2n) is 7.44. The van der Waals surface area contributed by atoms with Crippen molar-refractivity contribution >= 4 is 17.6 Å². The summed E-state index contributed by atoms with van der Waals surface area (Å²) in [6.45, 7) is 2.52. The molecule has 0 saturated heterocycles. The predicted molar refractivity (Wildman–Crippen MR) is 116 cm³/mol. The van der Waals surface area contributed by atoms with Crippen LogP contribution < -0.4 is 10.2 Å². The SMILES string of the molecule is CNC(=O)c1ccc(Cc2cc3c(cc2C)CCN(c2ncccc2C#N)C3=O)cn1. The van der Waals surface area contributed by atoms with Crippen molar-refractivity contribution in [2.75, 3.05) is 18.5 Å². The Hall–Kier alpha value is -4.05. The Morgan fingerprint density at radius 3 is 2.81 bits per heavy atom. The number of amides is 2. The molecule has 7 nitrogen and oxygen atoms in total. The second-order valence-corrected chi connectivity index (χ2v) is 7.44. The zero-order valence-corrected chi connectivity index (χ0v) is 17.3. The van der Waals surface area contributed by atoms with Crippen LogP contribution in [0.3, 0.4) is 0 Å². The normalized spacial score (nSPS) is 12.8. The number of pyridine rings is 2. The van der Waals surface area contributed by atoms with Crippen LogP contribution in [0, 0.1) is 18.3 Å². The van der Waals surface area contributed by atoms with Crippen molar-refractivity contribution in [2.45, 2.75) is 19.8 Å². The van der Waals surface area contributed by atoms with Gasteiger partial charge in [-0.25, -0.2) is 4.98 Å². The van der Waals surface area contributed by atoms with Crippen LogP contribution >= 0.6 is 0 Å². The second kappa shape index (κ2) is 8.36. The molecule has 0 unspecified atom stereocenters. The summed E-state index contributed by atoms with van der Waals surface area (Å²) in [5.74, 6) is 0.0241. The fourth-order valence-corrected chi connectivity index (χ4v) is 3.80. The molecule has 2 amide bonds. The van der Waals surface area contributed by atoms with Gasteiger partial charge in [-0.3, -0.25) is 19.5 Å². The smallest absolute Gasteiger partial charge is 0.269 e. The lowest BCUT2D eigenvalue weighted by atomic mass is 9.91. The van der Waals surface area contributed by atoms with Gasteiger partial charge in [-0.1, -0.05) is 12.1 Å². The van der Waals surface area contributed by atoms with Crippen LogP contribution in [0.25, 0.3) is 0 Å². The molecule has 0 fully saturated rings. The van der Waals surface area contributed by atoms with Gasteiger partial charge in [0.15, 0.2) is 5.82 Å². The lowest BCUT2D eigenvalue weighted by Gasteiger charge is -2.29. The van der Waals surface area contributed by atoms with Crippen LogP contribution in [-0.4, -0.2) is 35.4 Å². The maximum absolute atomic E-state index is 13.3. The van der Waals surface area contributed by atoms with E-state index in [0.717, 1.165) is 22.3 Å². The first kappa shape index (κ1) is 20.2. The Kier molecular flexibility index (Phi) is 5.46. The van der Waals surface area contributed by atoms with E-state index in [2.05, 4.69) is 27.4 Å². The van der Waals surface area contributed by atoms with Crippen LogP contribution in [0.4, 0.5) is 5.82 Å². The molecule has 31 heavy (non-hydrogen) atoms. The number of rotatable bonds is 4. The molecule has 3 aromatic rings. The third kappa shape index (κ3) is 3.88. The molecule has 3 heterocycles. The van der Waals surface area contributed by atoms with Gasteiger partial charge in [-0.2, -0.15) is 5.26 Å². The van der Waals surface area contributed by atoms with E-state index >= 15 is 0 Å². The highest BCUT2D eigenvalue weighted by Crippen LogP contribution is 2.28. The van der Waals surface area contributed by atoms with Crippen LogP contribution in [0.1, 0.15) is 48.7 Å². The van der Waals surface area contributed by atoms with Gasteiger partial charge in [0.25, 0.3) is 11.8 Å². The minimum atomic E-state index is -0.228. The highest BCUT2D eigenvalue weighted by atomic mass is 16.2. The van der Waals surface area contributed by atoms with E-state index < -0.39 is 0 Å². The Bertz CT molecular complexity index is 1210. The molecule has 1 aromatic carbocycles. The summed E-state index contributed by atoms with van der Waals surface area (Å²) in [7, 11) is 1.57. The van der Waals surface area contributed by atoms with E-state index in [-0.39, 0.29) is 11.8 Å². The minimum Gasteiger partial charge on any atom is -0.354 e. The van der Waals surface area contributed by atoms with E-state index in [4.69, 9.17) is 0 Å². The number of carbonyl (C=O) groups excluding carboxylic acids is 2. The number of nitrogens with zero attached hydrogens (tertiary/aromatic N) is 4. The molecule has 0 bridgehead atoms. The highest BCUT2D eigenvalue weighted by molar-refractivity contribution is 6.08. The van der Waals surface area contributed by atoms with Gasteiger partial charge in [-0.05, 0) is 66.3 Å². The van der Waals surface area contributed by atoms with Crippen LogP contribution in [-0.2, 0) is 12.8 Å². The van der Waals surface area contributed by atoms with Crippen molar-refractivity contribution < 1.29 is 9.59 Å². The Balaban J connectivity index is 1.64. The average Bonchev–Trinajstić information content (AvgIpc) is 2.80. The summed E-state index contributed by atoms with van der Waals surface area (Å²) < 4.78 is 0. The first-order chi connectivity index (χ1) is 15.0. The van der Waals surface area contributed by atoms with Crippen molar-refractivity contribution in [2.24, 2.45) is 0 Å². The fourth-order valence-electron chi connectivity index (χ4n) is 3.80. The van der Waals surface area contributed by atoms with E-state index in [9.17, 15) is 14.9 Å². The van der Waals surface area contributed by atoms with Crippen LogP contribution in [0.15, 0.2) is 48.8 Å². The molecule has 0 spiro atoms. The molecule has 0 saturated carbocycles. The number of carbonyl (C=O) groups is 2. The number of aryl methyl sites for hydroxylation is 1. The lowest BCUT2D eigenvalue weighted by molar-refractivity contribution is 0.0955. The van der Waals surface area contributed by atoms with Gasteiger partial charge in [0.05, 0.1) is 5.56 Å². The number of nitrogens with one attached hydrogen (secondary N) is 1. The van der Waals surface area contributed by atoms with Crippen molar-refractivity contribution in [1.29, 1.82) is 5.26 Å². The van der Waals surface area contributed by atoms with Gasteiger partial charge in [-0.15, -0.1) is 0 Å². The average molecular weight is 411 g/mol. The number of nitriles is 1. The summed E-state index contributed by atoms with van der Waals surface area (Å²) in [6, 6.07) is 13.0. The first-order valence-electron chi connectivity index (χ1n) is 9.98. The molecular weight excluding hydrogens is 390 g/mol. The molecule has 1 aliphatic rings. The van der Waals surface area contributed by atoms with Crippen molar-refractivity contribution in [1.82, 2.24) is 15.3 Å². The largest absolute Gasteiger partial charge is 0.354 e. The van der Waals surface area contributed by atoms with E-state index in [0.29, 0.717) is 42.0 Å². The summed E-state index contributed by atoms with van der Waals surface area (Å²) >= 11 is 0. The zero-order valence-electron chi connectivity index (χ0n) is 17.3. The molecule has 7 heteroatoms. The van der Waals surface area contributed by atoms with Crippen molar-refractivity contribution in [3.05, 3.63) is 87.9 Å². The van der Waals surface area contributed by atoms with Gasteiger partial charge in [0.2, 0.25) is 0 Å². The predicted octanol–water partition coefficient (Wildman–Crippen LogP) is 2.81. The molecule has 1 N–H and O–H groups in total. The summed E-state index contributed by atoms with van der Waals surface area (Å²) in [5.41, 5.74) is 5.46. The number of anilines is 1. The zero-order chi connectivity index (χ0) is 22.0. The van der Waals surface area contributed by atoms with Crippen molar-refractivity contribution in [3.63, 3.8) is 0 Å². The quantitative estimate of drug-likeness (QED) is 0.712. The highest BCUT2D eigenvalue weighted by Gasteiger charge is 2.28. The molecule has 1 aliphatic heterocycles. The number of aromatic nitrogens is 2. The van der Waals surface area contributed by atoms with Gasteiger partial charge < -0.3 is 5.32 Å². The molecule has 0 radical (unpaired) electrons. The molecule has 2 aromatic heterocycles. The minimum absolute atomic E-state index is 0.147. The third-order valence-electron chi connectivity index (χ3n) is 5.48. The summed E-state index contributed by atoms with van der Waals surface area (Å²) in [5, 5.41) is 11.9. The Labute approximate surface area is 180 Å². The Morgan fingerprint density at radius 2 is 2.10 bits per heavy atom. The van der Waals surface area contributed by atoms with Crippen LogP contribution in [0.5, 0.6) is 0 Å². The maximum atomic E-state index is 13.3. The van der Waals surface area contributed by atoms with Gasteiger partial charge >= 0.3 is 0 Å². The van der Waals surface area contributed by atoms with Gasteiger partial charge in [0, 0.05) is 31.5 Å². The first-order valence-corrected chi connectivity index (χ1v) is 9.98. The topological polar surface area (TPSA) is 99.0 Å². The maximum Gasteiger partial charge on any atom is 0.269 e. The molecule has 0 aliphatic carbocycles. The molecular formula is C24H21N5O2. The summed E-state index contributed by atoms with van der Waals surface area (Å²) in [4.78, 5) is 35.0. The van der Waals surface area contributed by atoms with E-state index in [1.54, 1.807) is 42.5 Å². The molecule has 4 rings (SSSR count). The standard InChI is InChI=1S/C24H21N5O2/c1-15-10-17-7-9-29(22-18(13-25)4-3-8-27-22)24(31)20(17)12-19(15)11-16-5-6-21(28-14-16)23(30)26-2/h3-6,8,10,12,14H,7,9,11H2,1-2H3,(H,26,30). The summed E-state index contributed by atoms with van der Waals surface area (Å²) in [6.07, 6.45) is 4.58. The monoisotopic (exact) mass is 411 g/mol. The lowest BCUT2D eigenvalue weighted by Crippen LogP contribution is -2.38. The number of hydrogen-bond acceptors (Lipinski definition) is 5. The van der Waals surface area contributed by atoms with Crippen molar-refractivity contribution in [3.8, 4) is 6.07 Å². The fraction of sp³-hybridized carbons (Fsp3) is 0.208. The van der Waals surface area contributed by atoms with Crippen LogP contribution in [0.2, 0.25) is 0 Å². The third-order valence-corrected chi connectivity index (χ3v) is 5.48. The number of fused-ring (bicyclic) bond motifs is 1. The molecule has 0 atom stereocenters. The number of hydrogen-bond donors (Lipinski definition) is 1. The molecule has 154 valence electrons. The van der Waals surface area contributed by atoms with Gasteiger partial charge in [0.1, 0.15) is 11.8 Å².